The number of hydrogen-bond donors (Lipinski definition) is 1. The smallest absolute Gasteiger partial charge is 0.185 e. The van der Waals surface area contributed by atoms with Gasteiger partial charge in [0.1, 0.15) is 0 Å². The summed E-state index contributed by atoms with van der Waals surface area (Å²) < 4.78 is 0.961. The fourth-order valence-corrected chi connectivity index (χ4v) is 1.37. The van der Waals surface area contributed by atoms with E-state index in [1.807, 2.05) is 12.1 Å². The van der Waals surface area contributed by atoms with Gasteiger partial charge in [0.2, 0.25) is 0 Å². The number of carbonyl (C=O) groups is 1. The van der Waals surface area contributed by atoms with Gasteiger partial charge in [-0.1, -0.05) is 22.0 Å². The first kappa shape index (κ1) is 12.1. The zero-order valence-corrected chi connectivity index (χ0v) is 9.90. The Hall–Kier alpha value is -0.930. The van der Waals surface area contributed by atoms with Crippen molar-refractivity contribution in [2.45, 2.75) is 12.8 Å². The predicted octanol–water partition coefficient (Wildman–Crippen LogP) is 2.96. The van der Waals surface area contributed by atoms with Crippen molar-refractivity contribution in [3.8, 4) is 0 Å². The molecular weight excluding hydrogens is 256 g/mol. The van der Waals surface area contributed by atoms with E-state index in [-0.39, 0.29) is 12.4 Å². The summed E-state index contributed by atoms with van der Waals surface area (Å²) in [5.41, 5.74) is 0.679. The van der Waals surface area contributed by atoms with E-state index in [9.17, 15) is 4.79 Å². The highest BCUT2D eigenvalue weighted by Crippen LogP contribution is 2.11. The van der Waals surface area contributed by atoms with Gasteiger partial charge in [-0.15, -0.1) is 0 Å². The number of ketones is 1. The molecule has 1 aromatic carbocycles. The average molecular weight is 269 g/mol. The largest absolute Gasteiger partial charge is 0.396 e. The van der Waals surface area contributed by atoms with Gasteiger partial charge in [-0.3, -0.25) is 4.79 Å². The molecule has 0 saturated carbocycles. The number of aliphatic hydroxyl groups excluding tert-OH is 1. The Morgan fingerprint density at radius 3 is 2.60 bits per heavy atom. The summed E-state index contributed by atoms with van der Waals surface area (Å²) in [7, 11) is 0. The summed E-state index contributed by atoms with van der Waals surface area (Å²) in [5.74, 6) is 0.000407. The van der Waals surface area contributed by atoms with Crippen molar-refractivity contribution in [1.29, 1.82) is 0 Å². The first-order valence-electron chi connectivity index (χ1n) is 4.81. The molecule has 0 amide bonds. The fraction of sp³-hybridized carbons (Fsp3) is 0.250. The standard InChI is InChI=1S/C12H13BrO2/c13-11-7-5-10(6-8-11)12(15)4-2-1-3-9-14/h2,4-8,14H,1,3,9H2/b4-2+. The van der Waals surface area contributed by atoms with Gasteiger partial charge in [-0.2, -0.15) is 0 Å². The Morgan fingerprint density at radius 2 is 2.00 bits per heavy atom. The number of aliphatic hydroxyl groups is 1. The molecule has 0 spiro atoms. The minimum absolute atomic E-state index is 0.000407. The number of hydrogen-bond acceptors (Lipinski definition) is 2. The third-order valence-electron chi connectivity index (χ3n) is 1.93. The molecule has 0 saturated heterocycles. The highest BCUT2D eigenvalue weighted by Gasteiger charge is 1.99. The fourth-order valence-electron chi connectivity index (χ4n) is 1.11. The Balaban J connectivity index is 2.53. The maximum atomic E-state index is 11.6. The second kappa shape index (κ2) is 6.53. The molecule has 0 aliphatic rings. The molecule has 15 heavy (non-hydrogen) atoms. The quantitative estimate of drug-likeness (QED) is 0.507. The van der Waals surface area contributed by atoms with Gasteiger partial charge >= 0.3 is 0 Å². The van der Waals surface area contributed by atoms with Crippen LogP contribution >= 0.6 is 15.9 Å². The van der Waals surface area contributed by atoms with Crippen LogP contribution in [0.5, 0.6) is 0 Å². The maximum absolute atomic E-state index is 11.6. The molecule has 80 valence electrons. The number of benzene rings is 1. The molecule has 2 nitrogen and oxygen atoms in total. The first-order valence-corrected chi connectivity index (χ1v) is 5.60. The summed E-state index contributed by atoms with van der Waals surface area (Å²) in [6, 6.07) is 7.25. The van der Waals surface area contributed by atoms with E-state index in [0.29, 0.717) is 12.0 Å². The molecule has 0 aliphatic carbocycles. The van der Waals surface area contributed by atoms with Crippen LogP contribution in [0.15, 0.2) is 40.9 Å². The van der Waals surface area contributed by atoms with Crippen LogP contribution in [0.1, 0.15) is 23.2 Å². The van der Waals surface area contributed by atoms with Crippen LogP contribution in [0.25, 0.3) is 0 Å². The summed E-state index contributed by atoms with van der Waals surface area (Å²) in [4.78, 5) is 11.6. The van der Waals surface area contributed by atoms with Gasteiger partial charge in [0.25, 0.3) is 0 Å². The molecule has 0 radical (unpaired) electrons. The zero-order valence-electron chi connectivity index (χ0n) is 8.32. The van der Waals surface area contributed by atoms with Crippen LogP contribution in [0, 0.1) is 0 Å². The Labute approximate surface area is 97.8 Å². The lowest BCUT2D eigenvalue weighted by molar-refractivity contribution is 0.104. The van der Waals surface area contributed by atoms with Crippen molar-refractivity contribution in [3.05, 3.63) is 46.5 Å². The molecule has 3 heteroatoms. The van der Waals surface area contributed by atoms with Crippen molar-refractivity contribution < 1.29 is 9.90 Å². The zero-order chi connectivity index (χ0) is 11.1. The van der Waals surface area contributed by atoms with E-state index < -0.39 is 0 Å². The number of unbranched alkanes of at least 4 members (excludes halogenated alkanes) is 1. The Kier molecular flexibility index (Phi) is 5.29. The summed E-state index contributed by atoms with van der Waals surface area (Å²) in [5, 5.41) is 8.56. The summed E-state index contributed by atoms with van der Waals surface area (Å²) >= 11 is 3.31. The van der Waals surface area contributed by atoms with E-state index in [2.05, 4.69) is 15.9 Å². The lowest BCUT2D eigenvalue weighted by atomic mass is 10.1. The molecule has 0 heterocycles. The van der Waals surface area contributed by atoms with Crippen LogP contribution < -0.4 is 0 Å². The molecule has 0 aliphatic heterocycles. The molecule has 0 bridgehead atoms. The van der Waals surface area contributed by atoms with E-state index in [1.54, 1.807) is 24.3 Å². The minimum Gasteiger partial charge on any atom is -0.396 e. The number of allylic oxidation sites excluding steroid dienone is 2. The monoisotopic (exact) mass is 268 g/mol. The maximum Gasteiger partial charge on any atom is 0.185 e. The first-order chi connectivity index (χ1) is 7.24. The molecule has 1 aromatic rings. The number of halogens is 1. The third-order valence-corrected chi connectivity index (χ3v) is 2.46. The summed E-state index contributed by atoms with van der Waals surface area (Å²) in [6.45, 7) is 0.164. The van der Waals surface area contributed by atoms with Gasteiger partial charge in [0, 0.05) is 16.6 Å². The average Bonchev–Trinajstić information content (AvgIpc) is 2.25. The Bertz CT molecular complexity index is 341. The van der Waals surface area contributed by atoms with E-state index in [1.165, 1.54) is 0 Å². The molecular formula is C12H13BrO2. The SMILES string of the molecule is O=C(/C=C/CCCO)c1ccc(Br)cc1. The normalized spacial score (nSPS) is 10.8. The lowest BCUT2D eigenvalue weighted by Gasteiger charge is -1.95. The van der Waals surface area contributed by atoms with Crippen LogP contribution in [0.4, 0.5) is 0 Å². The van der Waals surface area contributed by atoms with Gasteiger partial charge in [-0.05, 0) is 43.2 Å². The number of rotatable bonds is 5. The van der Waals surface area contributed by atoms with Gasteiger partial charge in [0.15, 0.2) is 5.78 Å². The molecule has 0 unspecified atom stereocenters. The van der Waals surface area contributed by atoms with Gasteiger partial charge < -0.3 is 5.11 Å². The van der Waals surface area contributed by atoms with Crippen LogP contribution in [-0.4, -0.2) is 17.5 Å². The van der Waals surface area contributed by atoms with Crippen molar-refractivity contribution in [1.82, 2.24) is 0 Å². The molecule has 0 aromatic heterocycles. The second-order valence-corrected chi connectivity index (χ2v) is 4.06. The molecule has 0 atom stereocenters. The highest BCUT2D eigenvalue weighted by molar-refractivity contribution is 9.10. The van der Waals surface area contributed by atoms with Crippen molar-refractivity contribution in [2.24, 2.45) is 0 Å². The molecule has 0 fully saturated rings. The van der Waals surface area contributed by atoms with E-state index in [4.69, 9.17) is 5.11 Å². The second-order valence-electron chi connectivity index (χ2n) is 3.14. The van der Waals surface area contributed by atoms with Crippen LogP contribution in [0.2, 0.25) is 0 Å². The Morgan fingerprint density at radius 1 is 1.33 bits per heavy atom. The van der Waals surface area contributed by atoms with E-state index in [0.717, 1.165) is 10.9 Å². The van der Waals surface area contributed by atoms with Crippen molar-refractivity contribution >= 4 is 21.7 Å². The third kappa shape index (κ3) is 4.40. The molecule has 1 rings (SSSR count). The molecule has 1 N–H and O–H groups in total. The number of carbonyl (C=O) groups excluding carboxylic acids is 1. The van der Waals surface area contributed by atoms with Gasteiger partial charge in [-0.25, -0.2) is 0 Å². The van der Waals surface area contributed by atoms with E-state index >= 15 is 0 Å². The lowest BCUT2D eigenvalue weighted by Crippen LogP contribution is -1.93. The summed E-state index contributed by atoms with van der Waals surface area (Å²) in [6.07, 6.45) is 4.78. The predicted molar refractivity (Wildman–Crippen MR) is 63.9 cm³/mol. The minimum atomic E-state index is 0.000407. The topological polar surface area (TPSA) is 37.3 Å². The highest BCUT2D eigenvalue weighted by atomic mass is 79.9. The van der Waals surface area contributed by atoms with Crippen molar-refractivity contribution in [2.75, 3.05) is 6.61 Å². The van der Waals surface area contributed by atoms with Gasteiger partial charge in [0.05, 0.1) is 0 Å². The van der Waals surface area contributed by atoms with Crippen LogP contribution in [-0.2, 0) is 0 Å². The van der Waals surface area contributed by atoms with Crippen molar-refractivity contribution in [3.63, 3.8) is 0 Å². The van der Waals surface area contributed by atoms with Crippen LogP contribution in [0.3, 0.4) is 0 Å².